The summed E-state index contributed by atoms with van der Waals surface area (Å²) in [5.41, 5.74) is 0.601. The number of anilines is 1. The van der Waals surface area contributed by atoms with Crippen molar-refractivity contribution in [3.63, 3.8) is 0 Å². The van der Waals surface area contributed by atoms with Gasteiger partial charge in [0.15, 0.2) is 16.6 Å². The fraction of sp³-hybridized carbons (Fsp3) is 0.222. The van der Waals surface area contributed by atoms with Crippen molar-refractivity contribution in [3.8, 4) is 11.5 Å². The van der Waals surface area contributed by atoms with Crippen LogP contribution >= 0.6 is 11.3 Å². The highest BCUT2D eigenvalue weighted by atomic mass is 32.2. The number of hydrogen-bond donors (Lipinski definition) is 1. The van der Waals surface area contributed by atoms with Crippen molar-refractivity contribution in [2.75, 3.05) is 26.0 Å². The van der Waals surface area contributed by atoms with Gasteiger partial charge in [-0.1, -0.05) is 23.5 Å². The molecule has 1 N–H and O–H groups in total. The van der Waals surface area contributed by atoms with Gasteiger partial charge in [0.25, 0.3) is 5.91 Å². The Morgan fingerprint density at radius 3 is 2.71 bits per heavy atom. The third-order valence-electron chi connectivity index (χ3n) is 4.17. The Balaban J connectivity index is 1.53. The molecular formula is C18H17N3O5S2. The first-order valence-electron chi connectivity index (χ1n) is 8.37. The number of ether oxygens (including phenoxy) is 2. The summed E-state index contributed by atoms with van der Waals surface area (Å²) in [5.74, 6) is 0.729. The van der Waals surface area contributed by atoms with Crippen LogP contribution in [0.2, 0.25) is 0 Å². The second-order valence-corrected chi connectivity index (χ2v) is 9.47. The quantitative estimate of drug-likeness (QED) is 0.697. The average Bonchev–Trinajstić information content (AvgIpc) is 3.08. The Morgan fingerprint density at radius 1 is 1.21 bits per heavy atom. The summed E-state index contributed by atoms with van der Waals surface area (Å²) >= 11 is 1.19. The molecule has 1 aliphatic rings. The van der Waals surface area contributed by atoms with Gasteiger partial charge in [0, 0.05) is 14.1 Å². The van der Waals surface area contributed by atoms with Gasteiger partial charge in [-0.3, -0.25) is 10.1 Å². The smallest absolute Gasteiger partial charge is 0.270 e. The third-order valence-corrected chi connectivity index (χ3v) is 6.91. The second kappa shape index (κ2) is 7.04. The maximum absolute atomic E-state index is 12.5. The molecule has 0 spiro atoms. The Morgan fingerprint density at radius 2 is 1.96 bits per heavy atom. The van der Waals surface area contributed by atoms with Gasteiger partial charge in [-0.2, -0.15) is 0 Å². The molecule has 4 rings (SSSR count). The topological polar surface area (TPSA) is 97.8 Å². The van der Waals surface area contributed by atoms with Crippen molar-refractivity contribution < 1.29 is 22.7 Å². The van der Waals surface area contributed by atoms with Crippen LogP contribution < -0.4 is 14.8 Å². The standard InChI is InChI=1S/C18H17N3O5S2/c1-21(2)28(23,24)11-7-8-12-16(9-11)27-18(19-12)20-17(22)15-10-25-13-5-3-4-6-14(13)26-15/h3-9,15H,10H2,1-2H3,(H,19,20,22)/t15-/m0/s1. The van der Waals surface area contributed by atoms with Crippen LogP contribution in [0.5, 0.6) is 11.5 Å². The van der Waals surface area contributed by atoms with Gasteiger partial charge >= 0.3 is 0 Å². The normalized spacial score (nSPS) is 16.3. The van der Waals surface area contributed by atoms with Crippen LogP contribution in [0.1, 0.15) is 0 Å². The number of amides is 1. The van der Waals surface area contributed by atoms with Crippen molar-refractivity contribution >= 4 is 42.6 Å². The first kappa shape index (κ1) is 18.7. The molecule has 0 bridgehead atoms. The van der Waals surface area contributed by atoms with E-state index in [1.165, 1.54) is 31.5 Å². The molecule has 28 heavy (non-hydrogen) atoms. The number of fused-ring (bicyclic) bond motifs is 2. The number of hydrogen-bond acceptors (Lipinski definition) is 7. The highest BCUT2D eigenvalue weighted by Crippen LogP contribution is 2.32. The van der Waals surface area contributed by atoms with E-state index in [4.69, 9.17) is 9.47 Å². The predicted molar refractivity (Wildman–Crippen MR) is 105 cm³/mol. The monoisotopic (exact) mass is 419 g/mol. The number of nitrogens with one attached hydrogen (secondary N) is 1. The van der Waals surface area contributed by atoms with Crippen molar-refractivity contribution in [3.05, 3.63) is 42.5 Å². The summed E-state index contributed by atoms with van der Waals surface area (Å²) in [6, 6.07) is 11.8. The molecule has 2 heterocycles. The molecule has 2 aromatic carbocycles. The number of para-hydroxylation sites is 2. The minimum Gasteiger partial charge on any atom is -0.485 e. The van der Waals surface area contributed by atoms with Crippen LogP contribution in [-0.4, -0.2) is 50.4 Å². The first-order valence-corrected chi connectivity index (χ1v) is 10.6. The SMILES string of the molecule is CN(C)S(=O)(=O)c1ccc2nc(NC(=O)[C@@H]3COc4ccccc4O3)sc2c1. The lowest BCUT2D eigenvalue weighted by molar-refractivity contribution is -0.125. The lowest BCUT2D eigenvalue weighted by atomic mass is 10.2. The zero-order valence-corrected chi connectivity index (χ0v) is 16.7. The summed E-state index contributed by atoms with van der Waals surface area (Å²) in [6.07, 6.45) is -0.799. The van der Waals surface area contributed by atoms with Crippen LogP contribution in [0.25, 0.3) is 10.2 Å². The lowest BCUT2D eigenvalue weighted by Gasteiger charge is -2.25. The van der Waals surface area contributed by atoms with E-state index < -0.39 is 16.1 Å². The third kappa shape index (κ3) is 3.41. The molecule has 1 amide bonds. The largest absolute Gasteiger partial charge is 0.485 e. The average molecular weight is 419 g/mol. The molecule has 3 aromatic rings. The zero-order chi connectivity index (χ0) is 19.9. The van der Waals surface area contributed by atoms with E-state index in [1.807, 2.05) is 6.07 Å². The lowest BCUT2D eigenvalue weighted by Crippen LogP contribution is -2.40. The summed E-state index contributed by atoms with van der Waals surface area (Å²) in [5, 5.41) is 3.08. The molecule has 1 atom stereocenters. The highest BCUT2D eigenvalue weighted by molar-refractivity contribution is 7.89. The Bertz CT molecular complexity index is 1160. The minimum absolute atomic E-state index is 0.0962. The van der Waals surface area contributed by atoms with Crippen molar-refractivity contribution in [2.24, 2.45) is 0 Å². The van der Waals surface area contributed by atoms with Crippen LogP contribution in [-0.2, 0) is 14.8 Å². The number of carbonyl (C=O) groups excluding carboxylic acids is 1. The van der Waals surface area contributed by atoms with Gasteiger partial charge in [-0.15, -0.1) is 0 Å². The fourth-order valence-corrected chi connectivity index (χ4v) is 4.58. The number of sulfonamides is 1. The van der Waals surface area contributed by atoms with Gasteiger partial charge in [-0.25, -0.2) is 17.7 Å². The van der Waals surface area contributed by atoms with Crippen LogP contribution in [0.3, 0.4) is 0 Å². The first-order chi connectivity index (χ1) is 13.3. The minimum atomic E-state index is -3.54. The molecule has 10 heteroatoms. The fourth-order valence-electron chi connectivity index (χ4n) is 2.66. The molecule has 0 unspecified atom stereocenters. The summed E-state index contributed by atoms with van der Waals surface area (Å²) in [6.45, 7) is 0.0962. The number of thiazole rings is 1. The van der Waals surface area contributed by atoms with E-state index in [0.717, 1.165) is 4.31 Å². The predicted octanol–water partition coefficient (Wildman–Crippen LogP) is 2.33. The molecule has 0 saturated heterocycles. The van der Waals surface area contributed by atoms with E-state index in [0.29, 0.717) is 26.8 Å². The Kier molecular flexibility index (Phi) is 4.69. The zero-order valence-electron chi connectivity index (χ0n) is 15.1. The summed E-state index contributed by atoms with van der Waals surface area (Å²) in [7, 11) is -0.590. The van der Waals surface area contributed by atoms with Crippen molar-refractivity contribution in [2.45, 2.75) is 11.0 Å². The summed E-state index contributed by atoms with van der Waals surface area (Å²) in [4.78, 5) is 17.0. The van der Waals surface area contributed by atoms with E-state index in [9.17, 15) is 13.2 Å². The van der Waals surface area contributed by atoms with E-state index in [-0.39, 0.29) is 17.4 Å². The molecule has 0 radical (unpaired) electrons. The molecule has 0 saturated carbocycles. The number of carbonyl (C=O) groups is 1. The maximum atomic E-state index is 12.5. The Hall–Kier alpha value is -2.69. The number of rotatable bonds is 4. The molecule has 1 aliphatic heterocycles. The summed E-state index contributed by atoms with van der Waals surface area (Å²) < 4.78 is 37.6. The number of benzene rings is 2. The molecular weight excluding hydrogens is 402 g/mol. The number of aromatic nitrogens is 1. The Labute approximate surface area is 165 Å². The van der Waals surface area contributed by atoms with Crippen LogP contribution in [0.4, 0.5) is 5.13 Å². The van der Waals surface area contributed by atoms with Gasteiger partial charge in [0.2, 0.25) is 16.1 Å². The molecule has 8 nitrogen and oxygen atoms in total. The van der Waals surface area contributed by atoms with Gasteiger partial charge in [-0.05, 0) is 30.3 Å². The molecule has 0 aliphatic carbocycles. The van der Waals surface area contributed by atoms with E-state index in [1.54, 1.807) is 30.3 Å². The molecule has 1 aromatic heterocycles. The van der Waals surface area contributed by atoms with Gasteiger partial charge in [0.05, 0.1) is 15.1 Å². The highest BCUT2D eigenvalue weighted by Gasteiger charge is 2.28. The van der Waals surface area contributed by atoms with Crippen molar-refractivity contribution in [1.82, 2.24) is 9.29 Å². The van der Waals surface area contributed by atoms with E-state index in [2.05, 4.69) is 10.3 Å². The maximum Gasteiger partial charge on any atom is 0.270 e. The van der Waals surface area contributed by atoms with Crippen LogP contribution in [0.15, 0.2) is 47.4 Å². The van der Waals surface area contributed by atoms with Gasteiger partial charge in [0.1, 0.15) is 6.61 Å². The number of nitrogens with zero attached hydrogens (tertiary/aromatic N) is 2. The van der Waals surface area contributed by atoms with Crippen molar-refractivity contribution in [1.29, 1.82) is 0 Å². The van der Waals surface area contributed by atoms with Crippen LogP contribution in [0, 0.1) is 0 Å². The van der Waals surface area contributed by atoms with E-state index >= 15 is 0 Å². The van der Waals surface area contributed by atoms with Gasteiger partial charge < -0.3 is 9.47 Å². The molecule has 146 valence electrons. The second-order valence-electron chi connectivity index (χ2n) is 6.29. The molecule has 0 fully saturated rings.